The SMILES string of the molecule is N#C/C(=C/Nc1cc(Cl)ccc1Cl)C(=O)Nc1ccc(O)cc1. The molecule has 0 unspecified atom stereocenters. The van der Waals surface area contributed by atoms with Gasteiger partial charge in [0.2, 0.25) is 0 Å². The van der Waals surface area contributed by atoms with Crippen LogP contribution in [0.3, 0.4) is 0 Å². The largest absolute Gasteiger partial charge is 0.508 e. The number of anilines is 2. The summed E-state index contributed by atoms with van der Waals surface area (Å²) in [6.45, 7) is 0. The molecule has 1 amide bonds. The number of phenols is 1. The van der Waals surface area contributed by atoms with E-state index in [9.17, 15) is 9.90 Å². The van der Waals surface area contributed by atoms with Crippen LogP contribution in [0.15, 0.2) is 54.2 Å². The third-order valence-electron chi connectivity index (χ3n) is 2.79. The molecule has 0 radical (unpaired) electrons. The molecule has 0 aromatic heterocycles. The second-order valence-corrected chi connectivity index (χ2v) is 5.28. The van der Waals surface area contributed by atoms with Crippen molar-refractivity contribution in [1.29, 1.82) is 5.26 Å². The Morgan fingerprint density at radius 2 is 1.87 bits per heavy atom. The van der Waals surface area contributed by atoms with Crippen LogP contribution in [-0.4, -0.2) is 11.0 Å². The second-order valence-electron chi connectivity index (χ2n) is 4.44. The number of carbonyl (C=O) groups is 1. The van der Waals surface area contributed by atoms with Gasteiger partial charge in [-0.05, 0) is 42.5 Å². The molecule has 0 heterocycles. The minimum Gasteiger partial charge on any atom is -0.508 e. The van der Waals surface area contributed by atoms with Crippen LogP contribution < -0.4 is 10.6 Å². The van der Waals surface area contributed by atoms with Gasteiger partial charge in [-0.2, -0.15) is 5.26 Å². The van der Waals surface area contributed by atoms with Crippen molar-refractivity contribution in [2.75, 3.05) is 10.6 Å². The maximum atomic E-state index is 12.0. The summed E-state index contributed by atoms with van der Waals surface area (Å²) in [6, 6.07) is 12.5. The van der Waals surface area contributed by atoms with Gasteiger partial charge in [-0.1, -0.05) is 23.2 Å². The second kappa shape index (κ2) is 7.54. The summed E-state index contributed by atoms with van der Waals surface area (Å²) < 4.78 is 0. The van der Waals surface area contributed by atoms with Gasteiger partial charge in [0.25, 0.3) is 5.91 Å². The normalized spacial score (nSPS) is 10.7. The number of hydrogen-bond donors (Lipinski definition) is 3. The Hall–Kier alpha value is -2.68. The maximum absolute atomic E-state index is 12.0. The van der Waals surface area contributed by atoms with E-state index in [-0.39, 0.29) is 11.3 Å². The number of halogens is 2. The van der Waals surface area contributed by atoms with Crippen LogP contribution in [0.1, 0.15) is 0 Å². The summed E-state index contributed by atoms with van der Waals surface area (Å²) in [5.74, 6) is -0.514. The standard InChI is InChI=1S/C16H11Cl2N3O2/c17-11-1-6-14(18)15(7-11)20-9-10(8-19)16(23)21-12-2-4-13(22)5-3-12/h1-7,9,20,22H,(H,21,23)/b10-9-. The molecule has 116 valence electrons. The summed E-state index contributed by atoms with van der Waals surface area (Å²) in [5, 5.41) is 24.5. The highest BCUT2D eigenvalue weighted by atomic mass is 35.5. The Labute approximate surface area is 142 Å². The number of rotatable bonds is 4. The Kier molecular flexibility index (Phi) is 5.47. The topological polar surface area (TPSA) is 85.2 Å². The highest BCUT2D eigenvalue weighted by molar-refractivity contribution is 6.35. The highest BCUT2D eigenvalue weighted by Crippen LogP contribution is 2.25. The lowest BCUT2D eigenvalue weighted by molar-refractivity contribution is -0.112. The molecule has 0 saturated carbocycles. The van der Waals surface area contributed by atoms with E-state index in [1.165, 1.54) is 30.5 Å². The first-order chi connectivity index (χ1) is 11.0. The number of amides is 1. The Morgan fingerprint density at radius 3 is 2.52 bits per heavy atom. The van der Waals surface area contributed by atoms with Crippen molar-refractivity contribution in [3.05, 3.63) is 64.3 Å². The molecular weight excluding hydrogens is 337 g/mol. The quantitative estimate of drug-likeness (QED) is 0.440. The van der Waals surface area contributed by atoms with E-state index in [1.54, 1.807) is 24.3 Å². The summed E-state index contributed by atoms with van der Waals surface area (Å²) in [5.41, 5.74) is 0.785. The molecule has 0 fully saturated rings. The van der Waals surface area contributed by atoms with Crippen LogP contribution in [-0.2, 0) is 4.79 Å². The van der Waals surface area contributed by atoms with E-state index in [4.69, 9.17) is 28.5 Å². The number of nitriles is 1. The van der Waals surface area contributed by atoms with Gasteiger partial charge in [0.05, 0.1) is 10.7 Å². The fourth-order valence-corrected chi connectivity index (χ4v) is 1.99. The zero-order valence-electron chi connectivity index (χ0n) is 11.7. The van der Waals surface area contributed by atoms with Crippen molar-refractivity contribution in [3.63, 3.8) is 0 Å². The first-order valence-corrected chi connectivity index (χ1v) is 7.17. The summed E-state index contributed by atoms with van der Waals surface area (Å²) in [7, 11) is 0. The number of hydrogen-bond acceptors (Lipinski definition) is 4. The molecule has 2 rings (SSSR count). The molecule has 23 heavy (non-hydrogen) atoms. The summed E-state index contributed by atoms with van der Waals surface area (Å²) >= 11 is 11.9. The molecule has 7 heteroatoms. The van der Waals surface area contributed by atoms with Gasteiger partial charge in [-0.3, -0.25) is 4.79 Å². The predicted octanol–water partition coefficient (Wildman–Crippen LogP) is 4.16. The van der Waals surface area contributed by atoms with Crippen molar-refractivity contribution in [1.82, 2.24) is 0 Å². The van der Waals surface area contributed by atoms with Crippen molar-refractivity contribution in [3.8, 4) is 11.8 Å². The van der Waals surface area contributed by atoms with Crippen LogP contribution in [0.2, 0.25) is 10.0 Å². The van der Waals surface area contributed by atoms with Gasteiger partial charge in [0.1, 0.15) is 17.4 Å². The van der Waals surface area contributed by atoms with Crippen molar-refractivity contribution in [2.45, 2.75) is 0 Å². The lowest BCUT2D eigenvalue weighted by Gasteiger charge is -2.07. The molecule has 0 bridgehead atoms. The predicted molar refractivity (Wildman–Crippen MR) is 90.5 cm³/mol. The lowest BCUT2D eigenvalue weighted by atomic mass is 10.2. The van der Waals surface area contributed by atoms with E-state index in [1.807, 2.05) is 0 Å². The first-order valence-electron chi connectivity index (χ1n) is 6.42. The smallest absolute Gasteiger partial charge is 0.267 e. The van der Waals surface area contributed by atoms with Crippen LogP contribution in [0.5, 0.6) is 5.75 Å². The fourth-order valence-electron chi connectivity index (χ4n) is 1.65. The van der Waals surface area contributed by atoms with Crippen LogP contribution >= 0.6 is 23.2 Å². The van der Waals surface area contributed by atoms with Gasteiger partial charge in [-0.25, -0.2) is 0 Å². The minimum atomic E-state index is -0.594. The Bertz CT molecular complexity index is 796. The molecular formula is C16H11Cl2N3O2. The minimum absolute atomic E-state index is 0.0799. The Balaban J connectivity index is 2.12. The van der Waals surface area contributed by atoms with E-state index >= 15 is 0 Å². The average Bonchev–Trinajstić information content (AvgIpc) is 2.53. The van der Waals surface area contributed by atoms with Crippen LogP contribution in [0, 0.1) is 11.3 Å². The number of aromatic hydroxyl groups is 1. The number of nitrogens with zero attached hydrogens (tertiary/aromatic N) is 1. The molecule has 0 saturated heterocycles. The van der Waals surface area contributed by atoms with Gasteiger partial charge in [0, 0.05) is 16.9 Å². The van der Waals surface area contributed by atoms with Gasteiger partial charge < -0.3 is 15.7 Å². The molecule has 2 aromatic carbocycles. The fraction of sp³-hybridized carbons (Fsp3) is 0. The Morgan fingerprint density at radius 1 is 1.17 bits per heavy atom. The molecule has 0 aliphatic rings. The lowest BCUT2D eigenvalue weighted by Crippen LogP contribution is -2.14. The van der Waals surface area contributed by atoms with Crippen LogP contribution in [0.4, 0.5) is 11.4 Å². The molecule has 0 aliphatic heterocycles. The van der Waals surface area contributed by atoms with E-state index in [0.29, 0.717) is 21.4 Å². The van der Waals surface area contributed by atoms with E-state index < -0.39 is 5.91 Å². The zero-order valence-corrected chi connectivity index (χ0v) is 13.2. The number of benzene rings is 2. The summed E-state index contributed by atoms with van der Waals surface area (Å²) in [6.07, 6.45) is 1.24. The highest BCUT2D eigenvalue weighted by Gasteiger charge is 2.10. The number of nitrogens with one attached hydrogen (secondary N) is 2. The third kappa shape index (κ3) is 4.65. The average molecular weight is 348 g/mol. The van der Waals surface area contributed by atoms with Crippen LogP contribution in [0.25, 0.3) is 0 Å². The number of carbonyl (C=O) groups excluding carboxylic acids is 1. The summed E-state index contributed by atoms with van der Waals surface area (Å²) in [4.78, 5) is 12.0. The monoisotopic (exact) mass is 347 g/mol. The molecule has 0 aliphatic carbocycles. The molecule has 0 atom stereocenters. The van der Waals surface area contributed by atoms with Crippen molar-refractivity contribution < 1.29 is 9.90 Å². The van der Waals surface area contributed by atoms with E-state index in [2.05, 4.69) is 10.6 Å². The molecule has 5 nitrogen and oxygen atoms in total. The van der Waals surface area contributed by atoms with E-state index in [0.717, 1.165) is 0 Å². The van der Waals surface area contributed by atoms with Gasteiger partial charge in [-0.15, -0.1) is 0 Å². The molecule has 0 spiro atoms. The molecule has 3 N–H and O–H groups in total. The first kappa shape index (κ1) is 16.7. The number of phenolic OH excluding ortho intramolecular Hbond substituents is 1. The van der Waals surface area contributed by atoms with Gasteiger partial charge in [0.15, 0.2) is 0 Å². The van der Waals surface area contributed by atoms with Gasteiger partial charge >= 0.3 is 0 Å². The van der Waals surface area contributed by atoms with Crippen molar-refractivity contribution in [2.24, 2.45) is 0 Å². The van der Waals surface area contributed by atoms with Crippen molar-refractivity contribution >= 4 is 40.5 Å². The third-order valence-corrected chi connectivity index (χ3v) is 3.36. The molecule has 2 aromatic rings. The maximum Gasteiger partial charge on any atom is 0.267 e. The zero-order chi connectivity index (χ0) is 16.8.